The summed E-state index contributed by atoms with van der Waals surface area (Å²) >= 11 is 0. The minimum Gasteiger partial charge on any atom is -0.497 e. The van der Waals surface area contributed by atoms with Gasteiger partial charge in [0.25, 0.3) is 11.5 Å². The number of H-pyrrole nitrogens is 1. The molecule has 0 bridgehead atoms. The number of amides is 1. The predicted molar refractivity (Wildman–Crippen MR) is 129 cm³/mol. The lowest BCUT2D eigenvalue weighted by atomic mass is 10.1. The van der Waals surface area contributed by atoms with Crippen LogP contribution in [0.4, 0.5) is 5.69 Å². The molecule has 1 saturated heterocycles. The third-order valence-electron chi connectivity index (χ3n) is 6.22. The number of methoxy groups -OCH3 is 1. The van der Waals surface area contributed by atoms with Gasteiger partial charge < -0.3 is 19.5 Å². The normalized spacial score (nSPS) is 14.0. The molecule has 3 aromatic rings. The number of piperazine rings is 1. The number of rotatable bonds is 7. The zero-order chi connectivity index (χ0) is 23.4. The number of hydrogen-bond acceptors (Lipinski definition) is 5. The molecule has 0 radical (unpaired) electrons. The molecule has 8 heteroatoms. The first-order valence-electron chi connectivity index (χ1n) is 11.5. The van der Waals surface area contributed by atoms with E-state index >= 15 is 0 Å². The van der Waals surface area contributed by atoms with E-state index in [1.54, 1.807) is 25.3 Å². The largest absolute Gasteiger partial charge is 0.497 e. The molecule has 0 aliphatic carbocycles. The van der Waals surface area contributed by atoms with Crippen LogP contribution in [0.5, 0.6) is 5.75 Å². The maximum Gasteiger partial charge on any atom is 0.328 e. The molecule has 0 spiro atoms. The Kier molecular flexibility index (Phi) is 6.82. The molecular formula is C25H30N4O4. The van der Waals surface area contributed by atoms with Gasteiger partial charge in [-0.05, 0) is 48.9 Å². The Hall–Kier alpha value is -3.55. The molecule has 1 fully saturated rings. The summed E-state index contributed by atoms with van der Waals surface area (Å²) in [6.07, 6.45) is 2.76. The van der Waals surface area contributed by atoms with Crippen LogP contribution in [0.15, 0.2) is 52.1 Å². The highest BCUT2D eigenvalue weighted by atomic mass is 16.5. The van der Waals surface area contributed by atoms with E-state index in [4.69, 9.17) is 4.74 Å². The molecule has 2 aromatic carbocycles. The summed E-state index contributed by atoms with van der Waals surface area (Å²) in [5, 5.41) is 0.423. The van der Waals surface area contributed by atoms with Crippen LogP contribution in [0.25, 0.3) is 10.9 Å². The number of ether oxygens (including phenoxy) is 1. The molecule has 174 valence electrons. The second-order valence-corrected chi connectivity index (χ2v) is 8.33. The monoisotopic (exact) mass is 450 g/mol. The van der Waals surface area contributed by atoms with Crippen LogP contribution in [-0.2, 0) is 6.54 Å². The summed E-state index contributed by atoms with van der Waals surface area (Å²) in [7, 11) is 1.64. The minimum absolute atomic E-state index is 0.0979. The Morgan fingerprint density at radius 3 is 2.39 bits per heavy atom. The molecule has 1 N–H and O–H groups in total. The van der Waals surface area contributed by atoms with Crippen LogP contribution in [-0.4, -0.2) is 53.6 Å². The molecule has 1 aromatic heterocycles. The van der Waals surface area contributed by atoms with Gasteiger partial charge in [-0.25, -0.2) is 4.79 Å². The van der Waals surface area contributed by atoms with E-state index in [1.807, 2.05) is 29.2 Å². The number of carbonyl (C=O) groups is 1. The Morgan fingerprint density at radius 1 is 1.00 bits per heavy atom. The zero-order valence-corrected chi connectivity index (χ0v) is 19.2. The van der Waals surface area contributed by atoms with E-state index in [0.717, 1.165) is 43.8 Å². The Bertz CT molecular complexity index is 1240. The highest BCUT2D eigenvalue weighted by Crippen LogP contribution is 2.21. The number of aromatic nitrogens is 2. The van der Waals surface area contributed by atoms with Crippen molar-refractivity contribution in [2.24, 2.45) is 0 Å². The molecule has 1 aliphatic rings. The van der Waals surface area contributed by atoms with Crippen molar-refractivity contribution in [3.8, 4) is 5.75 Å². The van der Waals surface area contributed by atoms with Gasteiger partial charge in [0.15, 0.2) is 0 Å². The van der Waals surface area contributed by atoms with E-state index in [2.05, 4.69) is 16.8 Å². The summed E-state index contributed by atoms with van der Waals surface area (Å²) in [6.45, 7) is 5.12. The smallest absolute Gasteiger partial charge is 0.328 e. The summed E-state index contributed by atoms with van der Waals surface area (Å²) in [4.78, 5) is 45.1. The van der Waals surface area contributed by atoms with Crippen molar-refractivity contribution in [1.82, 2.24) is 14.5 Å². The summed E-state index contributed by atoms with van der Waals surface area (Å²) in [6, 6.07) is 12.8. The molecule has 0 unspecified atom stereocenters. The van der Waals surface area contributed by atoms with Crippen LogP contribution in [0.1, 0.15) is 36.5 Å². The fourth-order valence-corrected chi connectivity index (χ4v) is 4.25. The highest BCUT2D eigenvalue weighted by Gasteiger charge is 2.23. The Labute approximate surface area is 192 Å². The van der Waals surface area contributed by atoms with Crippen molar-refractivity contribution in [2.75, 3.05) is 38.2 Å². The van der Waals surface area contributed by atoms with Crippen molar-refractivity contribution in [3.63, 3.8) is 0 Å². The highest BCUT2D eigenvalue weighted by molar-refractivity contribution is 5.97. The number of fused-ring (bicyclic) bond motifs is 1. The van der Waals surface area contributed by atoms with Gasteiger partial charge >= 0.3 is 5.69 Å². The van der Waals surface area contributed by atoms with Crippen LogP contribution >= 0.6 is 0 Å². The van der Waals surface area contributed by atoms with Crippen molar-refractivity contribution >= 4 is 22.5 Å². The van der Waals surface area contributed by atoms with Gasteiger partial charge in [-0.15, -0.1) is 0 Å². The number of nitrogens with one attached hydrogen (secondary N) is 1. The molecular weight excluding hydrogens is 420 g/mol. The van der Waals surface area contributed by atoms with Gasteiger partial charge in [0.2, 0.25) is 0 Å². The number of benzene rings is 2. The van der Waals surface area contributed by atoms with Crippen LogP contribution < -0.4 is 20.9 Å². The first-order chi connectivity index (χ1) is 16.0. The number of unbranched alkanes of at least 4 members (excludes halogenated alkanes) is 2. The van der Waals surface area contributed by atoms with Gasteiger partial charge in [0.1, 0.15) is 5.75 Å². The average Bonchev–Trinajstić information content (AvgIpc) is 2.85. The number of aromatic amines is 1. The van der Waals surface area contributed by atoms with Gasteiger partial charge in [-0.3, -0.25) is 14.2 Å². The third-order valence-corrected chi connectivity index (χ3v) is 6.22. The number of hydrogen-bond donors (Lipinski definition) is 1. The quantitative estimate of drug-likeness (QED) is 0.560. The van der Waals surface area contributed by atoms with Gasteiger partial charge in [0.05, 0.1) is 18.0 Å². The first-order valence-corrected chi connectivity index (χ1v) is 11.5. The maximum atomic E-state index is 13.1. The lowest BCUT2D eigenvalue weighted by Gasteiger charge is -2.36. The molecule has 33 heavy (non-hydrogen) atoms. The van der Waals surface area contributed by atoms with Crippen LogP contribution in [0.3, 0.4) is 0 Å². The topological polar surface area (TPSA) is 87.6 Å². The maximum absolute atomic E-state index is 13.1. The van der Waals surface area contributed by atoms with Crippen molar-refractivity contribution < 1.29 is 9.53 Å². The van der Waals surface area contributed by atoms with Crippen molar-refractivity contribution in [2.45, 2.75) is 32.7 Å². The van der Waals surface area contributed by atoms with E-state index in [9.17, 15) is 14.4 Å². The van der Waals surface area contributed by atoms with E-state index < -0.39 is 5.69 Å². The summed E-state index contributed by atoms with van der Waals surface area (Å²) in [5.74, 6) is 0.717. The molecule has 1 amide bonds. The summed E-state index contributed by atoms with van der Waals surface area (Å²) in [5.41, 5.74) is 1.23. The second-order valence-electron chi connectivity index (χ2n) is 8.33. The lowest BCUT2D eigenvalue weighted by molar-refractivity contribution is 0.0747. The molecule has 4 rings (SSSR count). The van der Waals surface area contributed by atoms with Gasteiger partial charge in [0, 0.05) is 44.0 Å². The Balaban J connectivity index is 1.47. The fraction of sp³-hybridized carbons (Fsp3) is 0.400. The Morgan fingerprint density at radius 2 is 1.73 bits per heavy atom. The van der Waals surface area contributed by atoms with E-state index in [1.165, 1.54) is 4.57 Å². The standard InChI is InChI=1S/C25H30N4O4/c1-3-4-5-12-29-24(31)21-11-6-18(17-22(21)26-25(29)32)23(30)28-15-13-27(14-16-28)19-7-9-20(33-2)10-8-19/h6-11,17H,3-5,12-16H2,1-2H3,(H,26,32). The van der Waals surface area contributed by atoms with E-state index in [0.29, 0.717) is 36.1 Å². The lowest BCUT2D eigenvalue weighted by Crippen LogP contribution is -2.48. The van der Waals surface area contributed by atoms with Crippen LogP contribution in [0, 0.1) is 0 Å². The molecule has 0 saturated carbocycles. The second kappa shape index (κ2) is 9.94. The average molecular weight is 451 g/mol. The molecule has 2 heterocycles. The van der Waals surface area contributed by atoms with Gasteiger partial charge in [-0.2, -0.15) is 0 Å². The third kappa shape index (κ3) is 4.79. The van der Waals surface area contributed by atoms with Gasteiger partial charge in [-0.1, -0.05) is 19.8 Å². The van der Waals surface area contributed by atoms with Crippen LogP contribution in [0.2, 0.25) is 0 Å². The SMILES string of the molecule is CCCCCn1c(=O)[nH]c2cc(C(=O)N3CCN(c4ccc(OC)cc4)CC3)ccc2c1=O. The molecule has 1 aliphatic heterocycles. The van der Waals surface area contributed by atoms with Crippen molar-refractivity contribution in [1.29, 1.82) is 0 Å². The molecule has 8 nitrogen and oxygen atoms in total. The van der Waals surface area contributed by atoms with E-state index in [-0.39, 0.29) is 11.5 Å². The zero-order valence-electron chi connectivity index (χ0n) is 19.2. The molecule has 0 atom stereocenters. The number of nitrogens with zero attached hydrogens (tertiary/aromatic N) is 3. The summed E-state index contributed by atoms with van der Waals surface area (Å²) < 4.78 is 6.46. The number of carbonyl (C=O) groups excluding carboxylic acids is 1. The minimum atomic E-state index is -0.429. The number of anilines is 1. The van der Waals surface area contributed by atoms with Crippen molar-refractivity contribution in [3.05, 3.63) is 68.9 Å². The fourth-order valence-electron chi connectivity index (χ4n) is 4.25. The predicted octanol–water partition coefficient (Wildman–Crippen LogP) is 2.85. The first kappa shape index (κ1) is 22.6.